The second-order valence-electron chi connectivity index (χ2n) is 4.56. The van der Waals surface area contributed by atoms with Gasteiger partial charge < -0.3 is 9.64 Å². The SMILES string of the molecule is O=C(c1ccccc1F)N1CCC(Oc2nccs2)C1. The van der Waals surface area contributed by atoms with Crippen molar-refractivity contribution in [1.29, 1.82) is 0 Å². The molecule has 1 atom stereocenters. The maximum Gasteiger partial charge on any atom is 0.273 e. The van der Waals surface area contributed by atoms with Gasteiger partial charge in [0.2, 0.25) is 0 Å². The van der Waals surface area contributed by atoms with E-state index in [0.717, 1.165) is 6.42 Å². The molecule has 2 heterocycles. The summed E-state index contributed by atoms with van der Waals surface area (Å²) < 4.78 is 19.3. The van der Waals surface area contributed by atoms with E-state index in [-0.39, 0.29) is 17.6 Å². The molecule has 1 amide bonds. The van der Waals surface area contributed by atoms with Gasteiger partial charge in [0.1, 0.15) is 11.9 Å². The van der Waals surface area contributed by atoms with Crippen LogP contribution in [0.2, 0.25) is 0 Å². The van der Waals surface area contributed by atoms with Gasteiger partial charge in [-0.15, -0.1) is 0 Å². The highest BCUT2D eigenvalue weighted by molar-refractivity contribution is 7.11. The number of benzene rings is 1. The number of halogens is 1. The molecular formula is C14H13FN2O2S. The van der Waals surface area contributed by atoms with Gasteiger partial charge in [-0.1, -0.05) is 23.5 Å². The molecule has 2 aromatic rings. The van der Waals surface area contributed by atoms with Crippen molar-refractivity contribution in [2.75, 3.05) is 13.1 Å². The molecule has 0 saturated carbocycles. The lowest BCUT2D eigenvalue weighted by molar-refractivity contribution is 0.0767. The molecule has 0 N–H and O–H groups in total. The Hall–Kier alpha value is -1.95. The van der Waals surface area contributed by atoms with Gasteiger partial charge in [-0.2, -0.15) is 0 Å². The lowest BCUT2D eigenvalue weighted by Gasteiger charge is -2.16. The Bertz CT molecular complexity index is 603. The van der Waals surface area contributed by atoms with Gasteiger partial charge in [-0.05, 0) is 12.1 Å². The summed E-state index contributed by atoms with van der Waals surface area (Å²) >= 11 is 1.42. The summed E-state index contributed by atoms with van der Waals surface area (Å²) in [6, 6.07) is 6.04. The number of carbonyl (C=O) groups is 1. The maximum absolute atomic E-state index is 13.6. The van der Waals surface area contributed by atoms with Gasteiger partial charge in [0, 0.05) is 24.5 Å². The van der Waals surface area contributed by atoms with Crippen LogP contribution in [-0.4, -0.2) is 35.0 Å². The third kappa shape index (κ3) is 2.65. The molecule has 0 aliphatic carbocycles. The molecule has 1 unspecified atom stereocenters. The summed E-state index contributed by atoms with van der Waals surface area (Å²) in [5.41, 5.74) is 0.113. The van der Waals surface area contributed by atoms with Crippen LogP contribution in [0.1, 0.15) is 16.8 Å². The van der Waals surface area contributed by atoms with Crippen molar-refractivity contribution in [2.45, 2.75) is 12.5 Å². The normalized spacial score (nSPS) is 18.2. The molecule has 4 nitrogen and oxygen atoms in total. The molecule has 1 aliphatic rings. The number of nitrogens with zero attached hydrogens (tertiary/aromatic N) is 2. The molecule has 1 aromatic heterocycles. The van der Waals surface area contributed by atoms with Crippen molar-refractivity contribution in [2.24, 2.45) is 0 Å². The molecule has 0 radical (unpaired) electrons. The highest BCUT2D eigenvalue weighted by atomic mass is 32.1. The molecule has 104 valence electrons. The van der Waals surface area contributed by atoms with E-state index < -0.39 is 5.82 Å². The Morgan fingerprint density at radius 3 is 3.05 bits per heavy atom. The van der Waals surface area contributed by atoms with Crippen molar-refractivity contribution in [3.05, 3.63) is 47.2 Å². The maximum atomic E-state index is 13.6. The Balaban J connectivity index is 1.65. The molecule has 1 saturated heterocycles. The Labute approximate surface area is 119 Å². The van der Waals surface area contributed by atoms with Gasteiger partial charge in [0.15, 0.2) is 0 Å². The van der Waals surface area contributed by atoms with Gasteiger partial charge in [-0.3, -0.25) is 4.79 Å². The van der Waals surface area contributed by atoms with Gasteiger partial charge >= 0.3 is 0 Å². The van der Waals surface area contributed by atoms with Crippen molar-refractivity contribution >= 4 is 17.2 Å². The van der Waals surface area contributed by atoms with E-state index in [1.54, 1.807) is 23.2 Å². The fourth-order valence-corrected chi connectivity index (χ4v) is 2.78. The first-order chi connectivity index (χ1) is 9.74. The van der Waals surface area contributed by atoms with Crippen molar-refractivity contribution in [3.8, 4) is 5.19 Å². The van der Waals surface area contributed by atoms with Crippen LogP contribution in [0.4, 0.5) is 4.39 Å². The van der Waals surface area contributed by atoms with E-state index in [4.69, 9.17) is 4.74 Å². The summed E-state index contributed by atoms with van der Waals surface area (Å²) in [7, 11) is 0. The van der Waals surface area contributed by atoms with Crippen LogP contribution in [0.25, 0.3) is 0 Å². The van der Waals surface area contributed by atoms with E-state index in [1.165, 1.54) is 23.5 Å². The summed E-state index contributed by atoms with van der Waals surface area (Å²) in [6.07, 6.45) is 2.34. The van der Waals surface area contributed by atoms with Crippen molar-refractivity contribution in [1.82, 2.24) is 9.88 Å². The number of thiazole rings is 1. The predicted molar refractivity (Wildman–Crippen MR) is 73.5 cm³/mol. The van der Waals surface area contributed by atoms with E-state index in [0.29, 0.717) is 18.3 Å². The minimum Gasteiger partial charge on any atom is -0.465 e. The first-order valence-corrected chi connectivity index (χ1v) is 7.22. The van der Waals surface area contributed by atoms with Crippen LogP contribution in [0, 0.1) is 5.82 Å². The fraction of sp³-hybridized carbons (Fsp3) is 0.286. The van der Waals surface area contributed by atoms with E-state index in [2.05, 4.69) is 4.98 Å². The Kier molecular flexibility index (Phi) is 3.64. The first-order valence-electron chi connectivity index (χ1n) is 6.34. The number of hydrogen-bond donors (Lipinski definition) is 0. The molecule has 1 aliphatic heterocycles. The van der Waals surface area contributed by atoms with E-state index in [1.807, 2.05) is 5.38 Å². The van der Waals surface area contributed by atoms with Crippen LogP contribution in [-0.2, 0) is 0 Å². The minimum atomic E-state index is -0.484. The molecule has 6 heteroatoms. The van der Waals surface area contributed by atoms with Crippen molar-refractivity contribution < 1.29 is 13.9 Å². The number of rotatable bonds is 3. The number of ether oxygens (including phenoxy) is 1. The van der Waals surface area contributed by atoms with E-state index in [9.17, 15) is 9.18 Å². The van der Waals surface area contributed by atoms with Crippen molar-refractivity contribution in [3.63, 3.8) is 0 Å². The molecule has 0 spiro atoms. The number of amides is 1. The Morgan fingerprint density at radius 1 is 1.45 bits per heavy atom. The highest BCUT2D eigenvalue weighted by Crippen LogP contribution is 2.22. The van der Waals surface area contributed by atoms with E-state index >= 15 is 0 Å². The lowest BCUT2D eigenvalue weighted by atomic mass is 10.2. The fourth-order valence-electron chi connectivity index (χ4n) is 2.22. The third-order valence-electron chi connectivity index (χ3n) is 3.21. The Morgan fingerprint density at radius 2 is 2.30 bits per heavy atom. The molecule has 0 bridgehead atoms. The number of aromatic nitrogens is 1. The summed E-state index contributed by atoms with van der Waals surface area (Å²) in [4.78, 5) is 17.9. The van der Waals surface area contributed by atoms with Gasteiger partial charge in [0.25, 0.3) is 11.1 Å². The summed E-state index contributed by atoms with van der Waals surface area (Å²) in [5.74, 6) is -0.768. The minimum absolute atomic E-state index is 0.0723. The van der Waals surface area contributed by atoms with Gasteiger partial charge in [-0.25, -0.2) is 9.37 Å². The third-order valence-corrected chi connectivity index (χ3v) is 3.87. The highest BCUT2D eigenvalue weighted by Gasteiger charge is 2.29. The summed E-state index contributed by atoms with van der Waals surface area (Å²) in [5, 5.41) is 2.45. The van der Waals surface area contributed by atoms with Crippen LogP contribution < -0.4 is 4.74 Å². The van der Waals surface area contributed by atoms with Crippen LogP contribution >= 0.6 is 11.3 Å². The quantitative estimate of drug-likeness (QED) is 0.873. The molecule has 1 aromatic carbocycles. The average Bonchev–Trinajstić information content (AvgIpc) is 3.11. The monoisotopic (exact) mass is 292 g/mol. The smallest absolute Gasteiger partial charge is 0.273 e. The van der Waals surface area contributed by atoms with Crippen LogP contribution in [0.3, 0.4) is 0 Å². The molecule has 3 rings (SSSR count). The number of hydrogen-bond acceptors (Lipinski definition) is 4. The predicted octanol–water partition coefficient (Wildman–Crippen LogP) is 2.58. The molecule has 1 fully saturated rings. The standard InChI is InChI=1S/C14H13FN2O2S/c15-12-4-2-1-3-11(12)13(18)17-7-5-10(9-17)19-14-16-6-8-20-14/h1-4,6,8,10H,5,7,9H2. The molecule has 20 heavy (non-hydrogen) atoms. The first kappa shape index (κ1) is 13.1. The number of carbonyl (C=O) groups excluding carboxylic acids is 1. The zero-order valence-corrected chi connectivity index (χ0v) is 11.5. The second-order valence-corrected chi connectivity index (χ2v) is 5.41. The molecular weight excluding hydrogens is 279 g/mol. The zero-order valence-electron chi connectivity index (χ0n) is 10.7. The van der Waals surface area contributed by atoms with Crippen LogP contribution in [0.5, 0.6) is 5.19 Å². The van der Waals surface area contributed by atoms with Crippen LogP contribution in [0.15, 0.2) is 35.8 Å². The number of likely N-dealkylation sites (tertiary alicyclic amines) is 1. The van der Waals surface area contributed by atoms with Gasteiger partial charge in [0.05, 0.1) is 12.1 Å². The largest absolute Gasteiger partial charge is 0.465 e. The summed E-state index contributed by atoms with van der Waals surface area (Å²) in [6.45, 7) is 1.04. The second kappa shape index (κ2) is 5.58. The average molecular weight is 292 g/mol. The topological polar surface area (TPSA) is 42.4 Å². The zero-order chi connectivity index (χ0) is 13.9. The lowest BCUT2D eigenvalue weighted by Crippen LogP contribution is -2.31.